The number of amides is 1. The number of carbonyl (C=O) groups is 1. The van der Waals surface area contributed by atoms with Gasteiger partial charge in [-0.3, -0.25) is 14.9 Å². The van der Waals surface area contributed by atoms with E-state index in [1.807, 2.05) is 20.8 Å². The van der Waals surface area contributed by atoms with Crippen LogP contribution in [0.1, 0.15) is 31.3 Å². The quantitative estimate of drug-likeness (QED) is 0.628. The number of hydrogen-bond acceptors (Lipinski definition) is 4. The fraction of sp³-hybridized carbons (Fsp3) is 0.500. The molecule has 0 aliphatic carbocycles. The van der Waals surface area contributed by atoms with Crippen LogP contribution in [0.4, 0.5) is 5.88 Å². The first-order valence-electron chi connectivity index (χ1n) is 4.97. The van der Waals surface area contributed by atoms with Crippen LogP contribution in [-0.4, -0.2) is 16.9 Å². The minimum Gasteiger partial charge on any atom is -0.395 e. The number of nitro groups is 1. The lowest BCUT2D eigenvalue weighted by atomic mass is 10.1. The highest BCUT2D eigenvalue weighted by atomic mass is 16.6. The van der Waals surface area contributed by atoms with Crippen LogP contribution in [0.25, 0.3) is 0 Å². The van der Waals surface area contributed by atoms with E-state index in [0.717, 1.165) is 6.07 Å². The monoisotopic (exact) mass is 226 g/mol. The molecule has 1 N–H and O–H groups in total. The molecule has 88 valence electrons. The third-order valence-electron chi connectivity index (χ3n) is 2.35. The summed E-state index contributed by atoms with van der Waals surface area (Å²) >= 11 is 0. The van der Waals surface area contributed by atoms with Crippen molar-refractivity contribution in [3.05, 3.63) is 28.0 Å². The van der Waals surface area contributed by atoms with E-state index in [-0.39, 0.29) is 17.7 Å². The lowest BCUT2D eigenvalue weighted by Crippen LogP contribution is -2.35. The number of nitrogens with zero attached hydrogens (tertiary/aromatic N) is 1. The van der Waals surface area contributed by atoms with Crippen LogP contribution in [0.5, 0.6) is 0 Å². The molecule has 0 aromatic carbocycles. The van der Waals surface area contributed by atoms with Gasteiger partial charge in [0.2, 0.25) is 0 Å². The van der Waals surface area contributed by atoms with Crippen LogP contribution >= 0.6 is 0 Å². The van der Waals surface area contributed by atoms with Gasteiger partial charge in [0, 0.05) is 6.04 Å². The minimum atomic E-state index is -0.678. The molecule has 1 atom stereocenters. The van der Waals surface area contributed by atoms with Gasteiger partial charge >= 0.3 is 5.88 Å². The molecule has 1 aromatic rings. The van der Waals surface area contributed by atoms with Crippen molar-refractivity contribution < 1.29 is 14.1 Å². The summed E-state index contributed by atoms with van der Waals surface area (Å²) in [5, 5.41) is 13.0. The number of hydrogen-bond donors (Lipinski definition) is 1. The van der Waals surface area contributed by atoms with Gasteiger partial charge in [-0.2, -0.15) is 0 Å². The van der Waals surface area contributed by atoms with Crippen molar-refractivity contribution in [2.24, 2.45) is 5.92 Å². The molecule has 1 rings (SSSR count). The maximum Gasteiger partial charge on any atom is 0.433 e. The molecule has 0 fully saturated rings. The third kappa shape index (κ3) is 2.82. The summed E-state index contributed by atoms with van der Waals surface area (Å²) in [5.41, 5.74) is 0. The number of furan rings is 1. The molecular formula is C10H14N2O4. The van der Waals surface area contributed by atoms with Gasteiger partial charge in [0.25, 0.3) is 5.91 Å². The first-order valence-corrected chi connectivity index (χ1v) is 4.97. The van der Waals surface area contributed by atoms with Gasteiger partial charge in [-0.15, -0.1) is 0 Å². The molecule has 16 heavy (non-hydrogen) atoms. The molecule has 0 aliphatic rings. The molecule has 0 radical (unpaired) electrons. The topological polar surface area (TPSA) is 85.4 Å². The van der Waals surface area contributed by atoms with Crippen molar-refractivity contribution in [1.82, 2.24) is 5.32 Å². The maximum atomic E-state index is 11.6. The van der Waals surface area contributed by atoms with Crippen molar-refractivity contribution in [3.8, 4) is 0 Å². The molecule has 0 bridgehead atoms. The molecule has 0 aliphatic heterocycles. The van der Waals surface area contributed by atoms with Gasteiger partial charge in [-0.1, -0.05) is 13.8 Å². The predicted molar refractivity (Wildman–Crippen MR) is 57.1 cm³/mol. The van der Waals surface area contributed by atoms with E-state index in [0.29, 0.717) is 0 Å². The van der Waals surface area contributed by atoms with Crippen molar-refractivity contribution >= 4 is 11.8 Å². The van der Waals surface area contributed by atoms with E-state index in [1.165, 1.54) is 6.07 Å². The van der Waals surface area contributed by atoms with Gasteiger partial charge in [-0.25, -0.2) is 0 Å². The van der Waals surface area contributed by atoms with Gasteiger partial charge < -0.3 is 9.73 Å². The molecule has 0 saturated carbocycles. The van der Waals surface area contributed by atoms with Crippen LogP contribution in [0, 0.1) is 16.0 Å². The number of carbonyl (C=O) groups excluding carboxylic acids is 1. The Morgan fingerprint density at radius 3 is 2.50 bits per heavy atom. The highest BCUT2D eigenvalue weighted by Gasteiger charge is 2.19. The van der Waals surface area contributed by atoms with E-state index in [2.05, 4.69) is 5.32 Å². The van der Waals surface area contributed by atoms with Crippen molar-refractivity contribution in [1.29, 1.82) is 0 Å². The Kier molecular flexibility index (Phi) is 3.65. The molecule has 1 unspecified atom stereocenters. The second kappa shape index (κ2) is 4.78. The second-order valence-electron chi connectivity index (χ2n) is 3.90. The normalized spacial score (nSPS) is 12.5. The first-order chi connectivity index (χ1) is 7.41. The number of nitrogens with one attached hydrogen (secondary N) is 1. The Hall–Kier alpha value is -1.85. The molecule has 1 aromatic heterocycles. The Morgan fingerprint density at radius 2 is 2.06 bits per heavy atom. The van der Waals surface area contributed by atoms with Crippen molar-refractivity contribution in [3.63, 3.8) is 0 Å². The van der Waals surface area contributed by atoms with Crippen LogP contribution in [0.2, 0.25) is 0 Å². The molecule has 0 spiro atoms. The third-order valence-corrected chi connectivity index (χ3v) is 2.35. The second-order valence-corrected chi connectivity index (χ2v) is 3.90. The van der Waals surface area contributed by atoms with Crippen LogP contribution in [0.3, 0.4) is 0 Å². The minimum absolute atomic E-state index is 0.0170. The zero-order valence-electron chi connectivity index (χ0n) is 9.39. The Morgan fingerprint density at radius 1 is 1.44 bits per heavy atom. The zero-order valence-corrected chi connectivity index (χ0v) is 9.39. The Balaban J connectivity index is 2.70. The number of rotatable bonds is 4. The SMILES string of the molecule is CC(C)C(C)NC(=O)c1ccc([N+](=O)[O-])o1. The average molecular weight is 226 g/mol. The summed E-state index contributed by atoms with van der Waals surface area (Å²) in [6, 6.07) is 2.44. The van der Waals surface area contributed by atoms with Crippen molar-refractivity contribution in [2.45, 2.75) is 26.8 Å². The van der Waals surface area contributed by atoms with E-state index in [9.17, 15) is 14.9 Å². The lowest BCUT2D eigenvalue weighted by Gasteiger charge is -2.16. The summed E-state index contributed by atoms with van der Waals surface area (Å²) < 4.78 is 4.78. The van der Waals surface area contributed by atoms with E-state index in [1.54, 1.807) is 0 Å². The summed E-state index contributed by atoms with van der Waals surface area (Å²) in [6.07, 6.45) is 0. The zero-order chi connectivity index (χ0) is 12.3. The molecule has 6 heteroatoms. The lowest BCUT2D eigenvalue weighted by molar-refractivity contribution is -0.402. The van der Waals surface area contributed by atoms with E-state index >= 15 is 0 Å². The van der Waals surface area contributed by atoms with Gasteiger partial charge in [-0.05, 0) is 18.9 Å². The highest BCUT2D eigenvalue weighted by Crippen LogP contribution is 2.15. The summed E-state index contributed by atoms with van der Waals surface area (Å²) in [7, 11) is 0. The maximum absolute atomic E-state index is 11.6. The Bertz CT molecular complexity index is 397. The van der Waals surface area contributed by atoms with Crippen LogP contribution in [-0.2, 0) is 0 Å². The molecule has 0 saturated heterocycles. The summed E-state index contributed by atoms with van der Waals surface area (Å²) in [4.78, 5) is 21.2. The van der Waals surface area contributed by atoms with Crippen LogP contribution < -0.4 is 5.32 Å². The molecule has 1 amide bonds. The molecular weight excluding hydrogens is 212 g/mol. The van der Waals surface area contributed by atoms with Gasteiger partial charge in [0.1, 0.15) is 4.92 Å². The molecule has 1 heterocycles. The smallest absolute Gasteiger partial charge is 0.395 e. The standard InChI is InChI=1S/C10H14N2O4/c1-6(2)7(3)11-10(13)8-4-5-9(16-8)12(14)15/h4-7H,1-3H3,(H,11,13). The Labute approximate surface area is 92.8 Å². The van der Waals surface area contributed by atoms with E-state index in [4.69, 9.17) is 4.42 Å². The fourth-order valence-electron chi connectivity index (χ4n) is 0.992. The van der Waals surface area contributed by atoms with Crippen molar-refractivity contribution in [2.75, 3.05) is 0 Å². The van der Waals surface area contributed by atoms with E-state index < -0.39 is 16.7 Å². The average Bonchev–Trinajstić information content (AvgIpc) is 2.65. The van der Waals surface area contributed by atoms with Gasteiger partial charge in [0.15, 0.2) is 5.76 Å². The fourth-order valence-corrected chi connectivity index (χ4v) is 0.992. The highest BCUT2D eigenvalue weighted by molar-refractivity contribution is 5.91. The first kappa shape index (κ1) is 12.2. The predicted octanol–water partition coefficient (Wildman–Crippen LogP) is 1.96. The molecule has 6 nitrogen and oxygen atoms in total. The largest absolute Gasteiger partial charge is 0.433 e. The summed E-state index contributed by atoms with van der Waals surface area (Å²) in [6.45, 7) is 5.80. The van der Waals surface area contributed by atoms with Gasteiger partial charge in [0.05, 0.1) is 6.07 Å². The van der Waals surface area contributed by atoms with Crippen LogP contribution in [0.15, 0.2) is 16.5 Å². The summed E-state index contributed by atoms with van der Waals surface area (Å²) in [5.74, 6) is -0.621.